The van der Waals surface area contributed by atoms with E-state index in [-0.39, 0.29) is 24.5 Å². The highest BCUT2D eigenvalue weighted by Crippen LogP contribution is 2.19. The lowest BCUT2D eigenvalue weighted by molar-refractivity contribution is -0.149. The molecule has 0 radical (unpaired) electrons. The molecular formula is C26H24N2O5. The van der Waals surface area contributed by atoms with Crippen LogP contribution in [0.4, 0.5) is 0 Å². The monoisotopic (exact) mass is 444 g/mol. The van der Waals surface area contributed by atoms with Crippen LogP contribution in [0.5, 0.6) is 5.75 Å². The van der Waals surface area contributed by atoms with Gasteiger partial charge in [0, 0.05) is 17.3 Å². The smallest absolute Gasteiger partial charge is 0.326 e. The Balaban J connectivity index is 1.37. The van der Waals surface area contributed by atoms with Gasteiger partial charge in [-0.05, 0) is 48.4 Å². The van der Waals surface area contributed by atoms with Gasteiger partial charge in [-0.25, -0.2) is 0 Å². The average molecular weight is 444 g/mol. The first-order valence-electron chi connectivity index (χ1n) is 10.6. The molecule has 0 aliphatic heterocycles. The minimum atomic E-state index is -0.556. The maximum Gasteiger partial charge on any atom is 0.326 e. The fourth-order valence-electron chi connectivity index (χ4n) is 3.76. The second-order valence-electron chi connectivity index (χ2n) is 7.56. The SMILES string of the molecule is COc1ccc(CCNC(=O)COC(=O)Cn2c3ccccc3c(=O)c3ccccc32)cc1. The van der Waals surface area contributed by atoms with Gasteiger partial charge in [0.15, 0.2) is 12.0 Å². The number of fused-ring (bicyclic) bond motifs is 2. The summed E-state index contributed by atoms with van der Waals surface area (Å²) in [5, 5.41) is 3.81. The number of nitrogens with one attached hydrogen (secondary N) is 1. The summed E-state index contributed by atoms with van der Waals surface area (Å²) in [5.41, 5.74) is 2.26. The highest BCUT2D eigenvalue weighted by molar-refractivity contribution is 5.94. The van der Waals surface area contributed by atoms with Crippen molar-refractivity contribution in [1.29, 1.82) is 0 Å². The van der Waals surface area contributed by atoms with Gasteiger partial charge >= 0.3 is 5.97 Å². The molecule has 0 atom stereocenters. The molecule has 7 heteroatoms. The van der Waals surface area contributed by atoms with Crippen molar-refractivity contribution >= 4 is 33.7 Å². The van der Waals surface area contributed by atoms with Crippen LogP contribution in [0.2, 0.25) is 0 Å². The highest BCUT2D eigenvalue weighted by Gasteiger charge is 2.14. The fraction of sp³-hybridized carbons (Fsp3) is 0.192. The van der Waals surface area contributed by atoms with Crippen molar-refractivity contribution in [2.24, 2.45) is 0 Å². The first-order chi connectivity index (χ1) is 16.1. The Bertz CT molecular complexity index is 1300. The molecule has 33 heavy (non-hydrogen) atoms. The molecular weight excluding hydrogens is 420 g/mol. The van der Waals surface area contributed by atoms with Gasteiger partial charge in [-0.15, -0.1) is 0 Å². The topological polar surface area (TPSA) is 86.6 Å². The van der Waals surface area contributed by atoms with Gasteiger partial charge in [-0.1, -0.05) is 36.4 Å². The zero-order valence-electron chi connectivity index (χ0n) is 18.2. The molecule has 0 saturated heterocycles. The fourth-order valence-corrected chi connectivity index (χ4v) is 3.76. The van der Waals surface area contributed by atoms with Crippen molar-refractivity contribution in [1.82, 2.24) is 9.88 Å². The summed E-state index contributed by atoms with van der Waals surface area (Å²) in [6, 6.07) is 21.9. The second-order valence-corrected chi connectivity index (χ2v) is 7.56. The van der Waals surface area contributed by atoms with Crippen LogP contribution in [0.1, 0.15) is 5.56 Å². The van der Waals surface area contributed by atoms with E-state index in [1.807, 2.05) is 36.4 Å². The molecule has 1 N–H and O–H groups in total. The zero-order chi connectivity index (χ0) is 23.2. The lowest BCUT2D eigenvalue weighted by Crippen LogP contribution is -2.31. The van der Waals surface area contributed by atoms with Crippen molar-refractivity contribution in [3.63, 3.8) is 0 Å². The molecule has 4 aromatic rings. The van der Waals surface area contributed by atoms with Crippen molar-refractivity contribution < 1.29 is 19.1 Å². The third kappa shape index (κ3) is 5.03. The molecule has 4 rings (SSSR count). The quantitative estimate of drug-likeness (QED) is 0.333. The number of ether oxygens (including phenoxy) is 2. The Morgan fingerprint density at radius 2 is 1.48 bits per heavy atom. The predicted molar refractivity (Wildman–Crippen MR) is 126 cm³/mol. The maximum absolute atomic E-state index is 12.8. The lowest BCUT2D eigenvalue weighted by atomic mass is 10.1. The van der Waals surface area contributed by atoms with Crippen LogP contribution in [0.3, 0.4) is 0 Å². The minimum absolute atomic E-state index is 0.0814. The number of para-hydroxylation sites is 2. The average Bonchev–Trinajstić information content (AvgIpc) is 2.86. The van der Waals surface area contributed by atoms with E-state index < -0.39 is 5.97 Å². The number of nitrogens with zero attached hydrogens (tertiary/aromatic N) is 1. The third-order valence-corrected chi connectivity index (χ3v) is 5.43. The molecule has 0 unspecified atom stereocenters. The van der Waals surface area contributed by atoms with E-state index in [1.165, 1.54) is 0 Å². The number of aromatic nitrogens is 1. The number of carbonyl (C=O) groups excluding carboxylic acids is 2. The Kier molecular flexibility index (Phi) is 6.69. The molecule has 168 valence electrons. The van der Waals surface area contributed by atoms with E-state index >= 15 is 0 Å². The number of benzene rings is 3. The molecule has 1 amide bonds. The molecule has 1 heterocycles. The Morgan fingerprint density at radius 3 is 2.09 bits per heavy atom. The number of rotatable bonds is 8. The van der Waals surface area contributed by atoms with E-state index in [4.69, 9.17) is 9.47 Å². The van der Waals surface area contributed by atoms with Gasteiger partial charge in [-0.3, -0.25) is 14.4 Å². The first kappa shape index (κ1) is 22.1. The summed E-state index contributed by atoms with van der Waals surface area (Å²) in [5.74, 6) is -0.149. The standard InChI is InChI=1S/C26H24N2O5/c1-32-19-12-10-18(11-13-19)14-15-27-24(29)17-33-25(30)16-28-22-8-4-2-6-20(22)26(31)21-7-3-5-9-23(21)28/h2-13H,14-17H2,1H3,(H,27,29). The predicted octanol–water partition coefficient (Wildman–Crippen LogP) is 3.07. The van der Waals surface area contributed by atoms with E-state index in [9.17, 15) is 14.4 Å². The molecule has 0 saturated carbocycles. The van der Waals surface area contributed by atoms with Gasteiger partial charge in [0.1, 0.15) is 12.3 Å². The number of amides is 1. The van der Waals surface area contributed by atoms with Crippen molar-refractivity contribution in [2.45, 2.75) is 13.0 Å². The third-order valence-electron chi connectivity index (χ3n) is 5.43. The Labute approximate surface area is 190 Å². The summed E-state index contributed by atoms with van der Waals surface area (Å²) >= 11 is 0. The van der Waals surface area contributed by atoms with E-state index in [0.717, 1.165) is 11.3 Å². The largest absolute Gasteiger partial charge is 0.497 e. The molecule has 0 spiro atoms. The second kappa shape index (κ2) is 9.99. The molecule has 0 aliphatic rings. The zero-order valence-corrected chi connectivity index (χ0v) is 18.2. The van der Waals surface area contributed by atoms with Crippen molar-refractivity contribution in [2.75, 3.05) is 20.3 Å². The maximum atomic E-state index is 12.8. The molecule has 0 fully saturated rings. The van der Waals surface area contributed by atoms with Gasteiger partial charge in [-0.2, -0.15) is 0 Å². The summed E-state index contributed by atoms with van der Waals surface area (Å²) < 4.78 is 12.1. The summed E-state index contributed by atoms with van der Waals surface area (Å²) in [6.07, 6.45) is 0.652. The Hall–Kier alpha value is -4.13. The number of carbonyl (C=O) groups is 2. The molecule has 3 aromatic carbocycles. The van der Waals surface area contributed by atoms with E-state index in [1.54, 1.807) is 48.1 Å². The number of hydrogen-bond donors (Lipinski definition) is 1. The van der Waals surface area contributed by atoms with Crippen molar-refractivity contribution in [3.05, 3.63) is 88.6 Å². The first-order valence-corrected chi connectivity index (χ1v) is 10.6. The molecule has 1 aromatic heterocycles. The number of hydrogen-bond acceptors (Lipinski definition) is 5. The van der Waals surface area contributed by atoms with Gasteiger partial charge in [0.25, 0.3) is 5.91 Å². The van der Waals surface area contributed by atoms with Crippen LogP contribution in [0, 0.1) is 0 Å². The van der Waals surface area contributed by atoms with Crippen LogP contribution in [-0.2, 0) is 27.3 Å². The minimum Gasteiger partial charge on any atom is -0.497 e. The molecule has 7 nitrogen and oxygen atoms in total. The summed E-state index contributed by atoms with van der Waals surface area (Å²) in [4.78, 5) is 37.4. The van der Waals surface area contributed by atoms with Gasteiger partial charge in [0.2, 0.25) is 0 Å². The summed E-state index contributed by atoms with van der Waals surface area (Å²) in [7, 11) is 1.61. The molecule has 0 aliphatic carbocycles. The highest BCUT2D eigenvalue weighted by atomic mass is 16.5. The van der Waals surface area contributed by atoms with Crippen molar-refractivity contribution in [3.8, 4) is 5.75 Å². The van der Waals surface area contributed by atoms with Gasteiger partial charge < -0.3 is 19.4 Å². The number of esters is 1. The summed E-state index contributed by atoms with van der Waals surface area (Å²) in [6.45, 7) is -0.0460. The molecule has 0 bridgehead atoms. The number of pyridine rings is 1. The van der Waals surface area contributed by atoms with Crippen LogP contribution in [0.25, 0.3) is 21.8 Å². The van der Waals surface area contributed by atoms with Gasteiger partial charge in [0.05, 0.1) is 18.1 Å². The Morgan fingerprint density at radius 1 is 0.879 bits per heavy atom. The van der Waals surface area contributed by atoms with Crippen LogP contribution in [-0.4, -0.2) is 36.7 Å². The van der Waals surface area contributed by atoms with Crippen LogP contribution >= 0.6 is 0 Å². The van der Waals surface area contributed by atoms with E-state index in [2.05, 4.69) is 5.32 Å². The van der Waals surface area contributed by atoms with Crippen LogP contribution in [0.15, 0.2) is 77.6 Å². The van der Waals surface area contributed by atoms with Crippen LogP contribution < -0.4 is 15.5 Å². The van der Waals surface area contributed by atoms with E-state index in [0.29, 0.717) is 34.8 Å². The number of methoxy groups -OCH3 is 1. The lowest BCUT2D eigenvalue weighted by Gasteiger charge is -2.14. The normalized spacial score (nSPS) is 10.8.